The van der Waals surface area contributed by atoms with E-state index in [4.69, 9.17) is 0 Å². The van der Waals surface area contributed by atoms with Gasteiger partial charge in [-0.3, -0.25) is 4.79 Å². The quantitative estimate of drug-likeness (QED) is 0.825. The summed E-state index contributed by atoms with van der Waals surface area (Å²) in [6.07, 6.45) is 0.511. The molecule has 0 saturated carbocycles. The van der Waals surface area contributed by atoms with Crippen molar-refractivity contribution < 1.29 is 23.1 Å². The SMILES string of the molecule is CC(=O)Nc1ccc(S(=O)(=O)N2CCC(C(=O)[O-])CC2)cc1. The molecule has 0 atom stereocenters. The van der Waals surface area contributed by atoms with Crippen molar-refractivity contribution in [2.45, 2.75) is 24.7 Å². The second-order valence-corrected chi connectivity index (χ2v) is 7.14. The molecule has 1 aromatic rings. The second-order valence-electron chi connectivity index (χ2n) is 5.20. The fourth-order valence-electron chi connectivity index (χ4n) is 2.39. The van der Waals surface area contributed by atoms with E-state index in [2.05, 4.69) is 5.32 Å². The number of carboxylic acids is 1. The van der Waals surface area contributed by atoms with Gasteiger partial charge in [0.15, 0.2) is 0 Å². The number of hydrogen-bond acceptors (Lipinski definition) is 5. The molecule has 0 unspecified atom stereocenters. The summed E-state index contributed by atoms with van der Waals surface area (Å²) in [7, 11) is -3.65. The van der Waals surface area contributed by atoms with Crippen LogP contribution in [-0.2, 0) is 19.6 Å². The molecule has 0 aliphatic carbocycles. The molecular weight excluding hydrogens is 308 g/mol. The molecule has 8 heteroatoms. The van der Waals surface area contributed by atoms with Gasteiger partial charge in [0.25, 0.3) is 0 Å². The number of amides is 1. The van der Waals surface area contributed by atoms with Gasteiger partial charge >= 0.3 is 0 Å². The Morgan fingerprint density at radius 3 is 2.18 bits per heavy atom. The van der Waals surface area contributed by atoms with E-state index in [-0.39, 0.29) is 36.7 Å². The predicted molar refractivity (Wildman–Crippen MR) is 77.2 cm³/mol. The van der Waals surface area contributed by atoms with Crippen LogP contribution < -0.4 is 10.4 Å². The first-order chi connectivity index (χ1) is 10.3. The van der Waals surface area contributed by atoms with E-state index in [1.165, 1.54) is 35.5 Å². The number of aliphatic carboxylic acids is 1. The summed E-state index contributed by atoms with van der Waals surface area (Å²) < 4.78 is 26.2. The van der Waals surface area contributed by atoms with Gasteiger partial charge in [0, 0.05) is 37.6 Å². The summed E-state index contributed by atoms with van der Waals surface area (Å²) in [6, 6.07) is 5.88. The molecule has 0 aromatic heterocycles. The van der Waals surface area contributed by atoms with Crippen molar-refractivity contribution in [2.75, 3.05) is 18.4 Å². The smallest absolute Gasteiger partial charge is 0.243 e. The van der Waals surface area contributed by atoms with Gasteiger partial charge < -0.3 is 15.2 Å². The molecule has 1 aliphatic rings. The second kappa shape index (κ2) is 6.45. The van der Waals surface area contributed by atoms with Crippen LogP contribution in [0.3, 0.4) is 0 Å². The number of nitrogens with zero attached hydrogens (tertiary/aromatic N) is 1. The zero-order chi connectivity index (χ0) is 16.3. The minimum Gasteiger partial charge on any atom is -0.550 e. The van der Waals surface area contributed by atoms with Crippen molar-refractivity contribution in [2.24, 2.45) is 5.92 Å². The van der Waals surface area contributed by atoms with Crippen molar-refractivity contribution in [3.63, 3.8) is 0 Å². The highest BCUT2D eigenvalue weighted by Crippen LogP contribution is 2.24. The van der Waals surface area contributed by atoms with E-state index in [1.54, 1.807) is 0 Å². The van der Waals surface area contributed by atoms with E-state index in [9.17, 15) is 23.1 Å². The third kappa shape index (κ3) is 3.63. The van der Waals surface area contributed by atoms with Crippen LogP contribution in [0.5, 0.6) is 0 Å². The summed E-state index contributed by atoms with van der Waals surface area (Å²) in [5, 5.41) is 13.4. The van der Waals surface area contributed by atoms with Gasteiger partial charge in [0.05, 0.1) is 4.90 Å². The maximum Gasteiger partial charge on any atom is 0.243 e. The summed E-state index contributed by atoms with van der Waals surface area (Å²) in [4.78, 5) is 21.8. The minimum atomic E-state index is -3.65. The first-order valence-electron chi connectivity index (χ1n) is 6.89. The Morgan fingerprint density at radius 1 is 1.18 bits per heavy atom. The summed E-state index contributed by atoms with van der Waals surface area (Å²) in [5.41, 5.74) is 0.516. The van der Waals surface area contributed by atoms with Crippen molar-refractivity contribution >= 4 is 27.6 Å². The molecule has 1 aliphatic heterocycles. The van der Waals surface area contributed by atoms with Crippen LogP contribution in [0.15, 0.2) is 29.2 Å². The first-order valence-corrected chi connectivity index (χ1v) is 8.33. The topological polar surface area (TPSA) is 107 Å². The number of piperidine rings is 1. The molecule has 1 heterocycles. The number of hydrogen-bond donors (Lipinski definition) is 1. The lowest BCUT2D eigenvalue weighted by atomic mass is 9.99. The highest BCUT2D eigenvalue weighted by Gasteiger charge is 2.29. The molecule has 1 N–H and O–H groups in total. The maximum atomic E-state index is 12.5. The van der Waals surface area contributed by atoms with Crippen LogP contribution in [0, 0.1) is 5.92 Å². The van der Waals surface area contributed by atoms with Crippen LogP contribution in [0.25, 0.3) is 0 Å². The molecule has 0 bridgehead atoms. The number of carboxylic acid groups (broad SMARTS) is 1. The normalized spacial score (nSPS) is 17.1. The Labute approximate surface area is 129 Å². The van der Waals surface area contributed by atoms with Crippen molar-refractivity contribution in [3.05, 3.63) is 24.3 Å². The van der Waals surface area contributed by atoms with Crippen LogP contribution in [0.2, 0.25) is 0 Å². The van der Waals surface area contributed by atoms with Crippen molar-refractivity contribution in [1.82, 2.24) is 4.31 Å². The molecule has 120 valence electrons. The number of anilines is 1. The number of rotatable bonds is 4. The number of sulfonamides is 1. The fourth-order valence-corrected chi connectivity index (χ4v) is 3.86. The minimum absolute atomic E-state index is 0.119. The fraction of sp³-hybridized carbons (Fsp3) is 0.429. The zero-order valence-electron chi connectivity index (χ0n) is 12.1. The first kappa shape index (κ1) is 16.4. The Kier molecular flexibility index (Phi) is 4.82. The van der Waals surface area contributed by atoms with E-state index >= 15 is 0 Å². The highest BCUT2D eigenvalue weighted by molar-refractivity contribution is 7.89. The van der Waals surface area contributed by atoms with Gasteiger partial charge in [-0.15, -0.1) is 0 Å². The maximum absolute atomic E-state index is 12.5. The lowest BCUT2D eigenvalue weighted by molar-refractivity contribution is -0.312. The number of benzene rings is 1. The summed E-state index contributed by atoms with van der Waals surface area (Å²) >= 11 is 0. The van der Waals surface area contributed by atoms with Gasteiger partial charge in [0.1, 0.15) is 0 Å². The largest absolute Gasteiger partial charge is 0.550 e. The Balaban J connectivity index is 2.10. The van der Waals surface area contributed by atoms with Crippen molar-refractivity contribution in [3.8, 4) is 0 Å². The average Bonchev–Trinajstić information content (AvgIpc) is 2.47. The van der Waals surface area contributed by atoms with Crippen molar-refractivity contribution in [1.29, 1.82) is 0 Å². The van der Waals surface area contributed by atoms with E-state index in [0.29, 0.717) is 5.69 Å². The monoisotopic (exact) mass is 325 g/mol. The summed E-state index contributed by atoms with van der Waals surface area (Å²) in [5.74, 6) is -1.95. The summed E-state index contributed by atoms with van der Waals surface area (Å²) in [6.45, 7) is 1.69. The average molecular weight is 325 g/mol. The van der Waals surface area contributed by atoms with Crippen LogP contribution >= 0.6 is 0 Å². The van der Waals surface area contributed by atoms with Crippen LogP contribution in [0.4, 0.5) is 5.69 Å². The predicted octanol–water partition coefficient (Wildman–Crippen LogP) is -0.204. The van der Waals surface area contributed by atoms with E-state index < -0.39 is 21.9 Å². The van der Waals surface area contributed by atoms with E-state index in [0.717, 1.165) is 0 Å². The third-order valence-electron chi connectivity index (χ3n) is 3.60. The van der Waals surface area contributed by atoms with Gasteiger partial charge in [-0.05, 0) is 37.1 Å². The Morgan fingerprint density at radius 2 is 1.73 bits per heavy atom. The number of nitrogens with one attached hydrogen (secondary N) is 1. The molecule has 0 radical (unpaired) electrons. The standard InChI is InChI=1S/C14H18N2O5S/c1-10(17)15-12-2-4-13(5-3-12)22(20,21)16-8-6-11(7-9-16)14(18)19/h2-5,11H,6-9H2,1H3,(H,15,17)(H,18,19)/p-1. The van der Waals surface area contributed by atoms with Gasteiger partial charge in [-0.25, -0.2) is 8.42 Å². The van der Waals surface area contributed by atoms with Gasteiger partial charge in [-0.1, -0.05) is 0 Å². The molecule has 1 fully saturated rings. The van der Waals surface area contributed by atoms with Crippen LogP contribution in [-0.4, -0.2) is 37.7 Å². The molecule has 7 nitrogen and oxygen atoms in total. The molecule has 22 heavy (non-hydrogen) atoms. The third-order valence-corrected chi connectivity index (χ3v) is 5.51. The molecule has 1 amide bonds. The lowest BCUT2D eigenvalue weighted by Crippen LogP contribution is -2.43. The number of carbonyl (C=O) groups is 2. The molecule has 2 rings (SSSR count). The lowest BCUT2D eigenvalue weighted by Gasteiger charge is -2.31. The Hall–Kier alpha value is -1.93. The van der Waals surface area contributed by atoms with Gasteiger partial charge in [-0.2, -0.15) is 4.31 Å². The molecule has 1 aromatic carbocycles. The van der Waals surface area contributed by atoms with E-state index in [1.807, 2.05) is 0 Å². The molecule has 1 saturated heterocycles. The highest BCUT2D eigenvalue weighted by atomic mass is 32.2. The van der Waals surface area contributed by atoms with Gasteiger partial charge in [0.2, 0.25) is 15.9 Å². The number of carbonyl (C=O) groups excluding carboxylic acids is 2. The molecular formula is C14H17N2O5S-. The van der Waals surface area contributed by atoms with Crippen LogP contribution in [0.1, 0.15) is 19.8 Å². The zero-order valence-corrected chi connectivity index (χ0v) is 12.9. The Bertz CT molecular complexity index is 661. The molecule has 0 spiro atoms.